The third-order valence-corrected chi connectivity index (χ3v) is 7.14. The van der Waals surface area contributed by atoms with Crippen molar-refractivity contribution in [2.45, 2.75) is 90.4 Å². The molecule has 3 rings (SSSR count). The predicted molar refractivity (Wildman–Crippen MR) is 115 cm³/mol. The minimum absolute atomic E-state index is 0.259. The van der Waals surface area contributed by atoms with Gasteiger partial charge in [-0.2, -0.15) is 0 Å². The van der Waals surface area contributed by atoms with Crippen LogP contribution in [0.2, 0.25) is 0 Å². The topological polar surface area (TPSA) is 0 Å². The largest absolute Gasteiger partial charge is 0.0988 e. The van der Waals surface area contributed by atoms with Crippen LogP contribution in [0.25, 0.3) is 0 Å². The van der Waals surface area contributed by atoms with Crippen LogP contribution in [0, 0.1) is 6.92 Å². The highest BCUT2D eigenvalue weighted by Gasteiger charge is 2.48. The lowest BCUT2D eigenvalue weighted by molar-refractivity contribution is 0.331. The minimum atomic E-state index is 0.259. The van der Waals surface area contributed by atoms with Crippen molar-refractivity contribution in [1.82, 2.24) is 0 Å². The third-order valence-electron chi connectivity index (χ3n) is 7.14. The average molecular weight is 349 g/mol. The maximum absolute atomic E-state index is 3.87. The van der Waals surface area contributed by atoms with Crippen molar-refractivity contribution in [1.29, 1.82) is 0 Å². The summed E-state index contributed by atoms with van der Waals surface area (Å²) in [6.45, 7) is 20.3. The van der Waals surface area contributed by atoms with Gasteiger partial charge in [0.25, 0.3) is 0 Å². The Morgan fingerprint density at radius 3 is 1.88 bits per heavy atom. The zero-order chi connectivity index (χ0) is 19.3. The second-order valence-corrected chi connectivity index (χ2v) is 10.0. The Morgan fingerprint density at radius 2 is 1.38 bits per heavy atom. The van der Waals surface area contributed by atoms with Gasteiger partial charge in [0.2, 0.25) is 0 Å². The van der Waals surface area contributed by atoms with E-state index in [4.69, 9.17) is 0 Å². The smallest absolute Gasteiger partial charge is 0.0165 e. The van der Waals surface area contributed by atoms with E-state index < -0.39 is 0 Å². The molecule has 1 fully saturated rings. The Balaban J connectivity index is 2.12. The van der Waals surface area contributed by atoms with E-state index in [-0.39, 0.29) is 10.8 Å². The summed E-state index contributed by atoms with van der Waals surface area (Å²) in [6.07, 6.45) is 11.6. The van der Waals surface area contributed by atoms with E-state index in [9.17, 15) is 0 Å². The molecular weight excluding hydrogens is 312 g/mol. The Morgan fingerprint density at radius 1 is 0.846 bits per heavy atom. The van der Waals surface area contributed by atoms with E-state index in [1.54, 1.807) is 16.7 Å². The molecule has 0 aromatic heterocycles. The standard InChI is InChI=1S/C26H36/c1-9-18(2)10-11-20(4)26(14-15-26)21-17-23-22(16-19(21)3)24(5,6)12-13-25(23,7)8/h9-11,16-17H,1,12-15H2,2-8H3/b18-10-,20-11+. The van der Waals surface area contributed by atoms with Crippen LogP contribution in [0.5, 0.6) is 0 Å². The normalized spacial score (nSPS) is 23.3. The van der Waals surface area contributed by atoms with Crippen molar-refractivity contribution < 1.29 is 0 Å². The van der Waals surface area contributed by atoms with Crippen LogP contribution in [0.3, 0.4) is 0 Å². The molecule has 2 aliphatic carbocycles. The fourth-order valence-corrected chi connectivity index (χ4v) is 4.72. The van der Waals surface area contributed by atoms with E-state index in [1.165, 1.54) is 42.4 Å². The van der Waals surface area contributed by atoms with Gasteiger partial charge in [-0.3, -0.25) is 0 Å². The van der Waals surface area contributed by atoms with Gasteiger partial charge in [-0.1, -0.05) is 75.8 Å². The van der Waals surface area contributed by atoms with Gasteiger partial charge in [-0.15, -0.1) is 0 Å². The summed E-state index contributed by atoms with van der Waals surface area (Å²) in [4.78, 5) is 0. The lowest BCUT2D eigenvalue weighted by atomic mass is 9.62. The molecule has 0 spiro atoms. The lowest BCUT2D eigenvalue weighted by Crippen LogP contribution is -2.34. The molecule has 1 aromatic carbocycles. The van der Waals surface area contributed by atoms with E-state index in [0.29, 0.717) is 5.41 Å². The van der Waals surface area contributed by atoms with Crippen molar-refractivity contribution in [2.24, 2.45) is 0 Å². The summed E-state index contributed by atoms with van der Waals surface area (Å²) in [5.74, 6) is 0. The first kappa shape index (κ1) is 19.2. The summed E-state index contributed by atoms with van der Waals surface area (Å²) in [7, 11) is 0. The van der Waals surface area contributed by atoms with Crippen LogP contribution in [-0.4, -0.2) is 0 Å². The number of hydrogen-bond acceptors (Lipinski definition) is 0. The van der Waals surface area contributed by atoms with Crippen molar-refractivity contribution in [2.75, 3.05) is 0 Å². The van der Waals surface area contributed by atoms with Gasteiger partial charge < -0.3 is 0 Å². The first-order chi connectivity index (χ1) is 12.0. The van der Waals surface area contributed by atoms with Crippen LogP contribution in [-0.2, 0) is 16.2 Å². The lowest BCUT2D eigenvalue weighted by Gasteiger charge is -2.43. The Hall–Kier alpha value is -1.56. The molecule has 0 nitrogen and oxygen atoms in total. The monoisotopic (exact) mass is 348 g/mol. The van der Waals surface area contributed by atoms with Gasteiger partial charge in [0.15, 0.2) is 0 Å². The van der Waals surface area contributed by atoms with Crippen LogP contribution in [0.1, 0.15) is 89.5 Å². The summed E-state index contributed by atoms with van der Waals surface area (Å²) >= 11 is 0. The second kappa shape index (κ2) is 6.25. The van der Waals surface area contributed by atoms with Crippen LogP contribution < -0.4 is 0 Å². The number of benzene rings is 1. The molecule has 1 saturated carbocycles. The maximum atomic E-state index is 3.87. The molecule has 0 saturated heterocycles. The quantitative estimate of drug-likeness (QED) is 0.495. The zero-order valence-corrected chi connectivity index (χ0v) is 17.9. The highest BCUT2D eigenvalue weighted by atomic mass is 14.5. The van der Waals surface area contributed by atoms with Gasteiger partial charge in [-0.05, 0) is 79.5 Å². The summed E-state index contributed by atoms with van der Waals surface area (Å²) < 4.78 is 0. The van der Waals surface area contributed by atoms with Gasteiger partial charge in [0.1, 0.15) is 0 Å². The SMILES string of the molecule is C=C/C(C)=C\C=C(/C)C1(c2cc3c(cc2C)C(C)(C)CCC3(C)C)CC1. The number of aryl methyl sites for hydroxylation is 1. The number of hydrogen-bond donors (Lipinski definition) is 0. The molecule has 26 heavy (non-hydrogen) atoms. The van der Waals surface area contributed by atoms with Crippen molar-refractivity contribution in [3.05, 3.63) is 70.3 Å². The van der Waals surface area contributed by atoms with Crippen molar-refractivity contribution >= 4 is 0 Å². The van der Waals surface area contributed by atoms with Crippen molar-refractivity contribution in [3.63, 3.8) is 0 Å². The van der Waals surface area contributed by atoms with Crippen molar-refractivity contribution in [3.8, 4) is 0 Å². The second-order valence-electron chi connectivity index (χ2n) is 10.0. The van der Waals surface area contributed by atoms with E-state index in [0.717, 1.165) is 0 Å². The molecule has 0 bridgehead atoms. The van der Waals surface area contributed by atoms with Gasteiger partial charge in [0, 0.05) is 5.41 Å². The third kappa shape index (κ3) is 3.13. The highest BCUT2D eigenvalue weighted by Crippen LogP contribution is 2.57. The van der Waals surface area contributed by atoms with Crippen LogP contribution >= 0.6 is 0 Å². The van der Waals surface area contributed by atoms with Gasteiger partial charge in [-0.25, -0.2) is 0 Å². The van der Waals surface area contributed by atoms with E-state index in [2.05, 4.69) is 79.3 Å². The minimum Gasteiger partial charge on any atom is -0.0988 e. The Bertz CT molecular complexity index is 792. The molecule has 0 unspecified atom stereocenters. The average Bonchev–Trinajstić information content (AvgIpc) is 3.38. The molecule has 0 atom stereocenters. The molecule has 0 amide bonds. The first-order valence-electron chi connectivity index (χ1n) is 10.2. The van der Waals surface area contributed by atoms with Crippen LogP contribution in [0.15, 0.2) is 48.1 Å². The molecule has 1 aromatic rings. The molecule has 0 heterocycles. The summed E-state index contributed by atoms with van der Waals surface area (Å²) in [6, 6.07) is 5.10. The molecule has 0 heteroatoms. The molecule has 0 N–H and O–H groups in total. The molecule has 2 aliphatic rings. The highest BCUT2D eigenvalue weighted by molar-refractivity contribution is 5.54. The van der Waals surface area contributed by atoms with E-state index in [1.807, 2.05) is 6.08 Å². The summed E-state index contributed by atoms with van der Waals surface area (Å²) in [5.41, 5.74) is 9.76. The number of fused-ring (bicyclic) bond motifs is 1. The zero-order valence-electron chi connectivity index (χ0n) is 17.9. The predicted octanol–water partition coefficient (Wildman–Crippen LogP) is 7.45. The fraction of sp³-hybridized carbons (Fsp3) is 0.538. The first-order valence-corrected chi connectivity index (χ1v) is 10.2. The molecular formula is C26H36. The fourth-order valence-electron chi connectivity index (χ4n) is 4.72. The Kier molecular flexibility index (Phi) is 4.62. The summed E-state index contributed by atoms with van der Waals surface area (Å²) in [5, 5.41) is 0. The van der Waals surface area contributed by atoms with Crippen LogP contribution in [0.4, 0.5) is 0 Å². The number of rotatable bonds is 4. The molecule has 0 radical (unpaired) electrons. The van der Waals surface area contributed by atoms with E-state index >= 15 is 0 Å². The molecule has 0 aliphatic heterocycles. The molecule has 140 valence electrons. The number of allylic oxidation sites excluding steroid dienone is 5. The maximum Gasteiger partial charge on any atom is 0.0165 e. The Labute approximate surface area is 161 Å². The van der Waals surface area contributed by atoms with Gasteiger partial charge in [0.05, 0.1) is 0 Å². The van der Waals surface area contributed by atoms with Gasteiger partial charge >= 0.3 is 0 Å².